The third-order valence-corrected chi connectivity index (χ3v) is 3.35. The van der Waals surface area contributed by atoms with Crippen molar-refractivity contribution in [2.75, 3.05) is 5.32 Å². The molecule has 2 rings (SSSR count). The van der Waals surface area contributed by atoms with Crippen LogP contribution in [0.4, 0.5) is 11.4 Å². The molecule has 0 heterocycles. The quantitative estimate of drug-likeness (QED) is 0.820. The molecule has 18 heavy (non-hydrogen) atoms. The second kappa shape index (κ2) is 5.49. The monoisotopic (exact) mass is 296 g/mol. The van der Waals surface area contributed by atoms with Crippen LogP contribution >= 0.6 is 34.8 Å². The van der Waals surface area contributed by atoms with E-state index in [1.54, 1.807) is 36.4 Å². The van der Waals surface area contributed by atoms with Crippen LogP contribution in [0.3, 0.4) is 0 Å². The van der Waals surface area contributed by atoms with E-state index in [-0.39, 0.29) is 0 Å². The van der Waals surface area contributed by atoms with Gasteiger partial charge in [0.15, 0.2) is 0 Å². The van der Waals surface area contributed by atoms with E-state index >= 15 is 0 Å². The fourth-order valence-corrected chi connectivity index (χ4v) is 1.94. The molecular weight excluding hydrogens is 291 g/mol. The molecule has 0 atom stereocenters. The minimum Gasteiger partial charge on any atom is -0.355 e. The zero-order valence-electron chi connectivity index (χ0n) is 9.05. The summed E-state index contributed by atoms with van der Waals surface area (Å²) in [4.78, 5) is 0. The number of nitrogens with one attached hydrogen (secondary N) is 1. The van der Waals surface area contributed by atoms with Crippen molar-refractivity contribution >= 4 is 46.2 Å². The van der Waals surface area contributed by atoms with E-state index in [9.17, 15) is 0 Å². The van der Waals surface area contributed by atoms with E-state index in [0.29, 0.717) is 20.6 Å². The number of nitriles is 1. The summed E-state index contributed by atoms with van der Waals surface area (Å²) in [7, 11) is 0. The lowest BCUT2D eigenvalue weighted by Crippen LogP contribution is -1.91. The van der Waals surface area contributed by atoms with Crippen molar-refractivity contribution in [3.63, 3.8) is 0 Å². The number of rotatable bonds is 2. The molecule has 0 aliphatic rings. The molecule has 90 valence electrons. The van der Waals surface area contributed by atoms with Crippen molar-refractivity contribution in [1.82, 2.24) is 0 Å². The van der Waals surface area contributed by atoms with Crippen molar-refractivity contribution in [2.45, 2.75) is 0 Å². The van der Waals surface area contributed by atoms with Crippen LogP contribution in [0.25, 0.3) is 0 Å². The molecule has 0 unspecified atom stereocenters. The van der Waals surface area contributed by atoms with Gasteiger partial charge in [-0.05, 0) is 36.4 Å². The number of hydrogen-bond acceptors (Lipinski definition) is 2. The van der Waals surface area contributed by atoms with E-state index in [2.05, 4.69) is 5.32 Å². The summed E-state index contributed by atoms with van der Waals surface area (Å²) >= 11 is 17.7. The predicted octanol–water partition coefficient (Wildman–Crippen LogP) is 5.26. The highest BCUT2D eigenvalue weighted by atomic mass is 35.5. The molecule has 2 aromatic carbocycles. The van der Waals surface area contributed by atoms with Crippen LogP contribution < -0.4 is 5.32 Å². The van der Waals surface area contributed by atoms with Crippen molar-refractivity contribution < 1.29 is 0 Å². The fourth-order valence-electron chi connectivity index (χ4n) is 1.42. The van der Waals surface area contributed by atoms with Gasteiger partial charge in [-0.15, -0.1) is 0 Å². The second-order valence-electron chi connectivity index (χ2n) is 3.56. The van der Waals surface area contributed by atoms with Gasteiger partial charge in [0.25, 0.3) is 0 Å². The first-order valence-corrected chi connectivity index (χ1v) is 6.15. The van der Waals surface area contributed by atoms with Gasteiger partial charge >= 0.3 is 0 Å². The Morgan fingerprint density at radius 1 is 0.833 bits per heavy atom. The number of halogens is 3. The summed E-state index contributed by atoms with van der Waals surface area (Å²) in [5.41, 5.74) is 2.01. The average molecular weight is 298 g/mol. The Hall–Kier alpha value is -1.40. The Morgan fingerprint density at radius 2 is 1.44 bits per heavy atom. The molecule has 0 aliphatic heterocycles. The number of hydrogen-bond donors (Lipinski definition) is 1. The van der Waals surface area contributed by atoms with Gasteiger partial charge in [0.2, 0.25) is 0 Å². The molecule has 2 nitrogen and oxygen atoms in total. The molecule has 2 aromatic rings. The van der Waals surface area contributed by atoms with Gasteiger partial charge in [-0.1, -0.05) is 34.8 Å². The third kappa shape index (κ3) is 2.88. The van der Waals surface area contributed by atoms with Gasteiger partial charge in [-0.2, -0.15) is 5.26 Å². The minimum absolute atomic E-state index is 0.405. The molecule has 0 fully saturated rings. The Labute approximate surface area is 120 Å². The molecule has 0 aliphatic carbocycles. The lowest BCUT2D eigenvalue weighted by atomic mass is 10.2. The van der Waals surface area contributed by atoms with E-state index in [1.165, 1.54) is 0 Å². The van der Waals surface area contributed by atoms with Crippen LogP contribution in [-0.2, 0) is 0 Å². The number of nitrogens with zero attached hydrogens (tertiary/aromatic N) is 1. The summed E-state index contributed by atoms with van der Waals surface area (Å²) in [6, 6.07) is 12.3. The van der Waals surface area contributed by atoms with Gasteiger partial charge in [0.1, 0.15) is 6.07 Å². The zero-order valence-corrected chi connectivity index (χ0v) is 11.3. The maximum Gasteiger partial charge on any atom is 0.101 e. The Bertz CT molecular complexity index is 633. The molecule has 0 spiro atoms. The fraction of sp³-hybridized carbons (Fsp3) is 0. The Balaban J connectivity index is 2.26. The summed E-state index contributed by atoms with van der Waals surface area (Å²) < 4.78 is 0. The van der Waals surface area contributed by atoms with Crippen LogP contribution in [0.2, 0.25) is 15.1 Å². The summed E-state index contributed by atoms with van der Waals surface area (Å²) in [6.07, 6.45) is 0. The molecule has 0 aromatic heterocycles. The lowest BCUT2D eigenvalue weighted by Gasteiger charge is -2.08. The molecule has 0 bridgehead atoms. The molecule has 0 saturated carbocycles. The largest absolute Gasteiger partial charge is 0.355 e. The van der Waals surface area contributed by atoms with E-state index in [1.807, 2.05) is 6.07 Å². The van der Waals surface area contributed by atoms with E-state index < -0.39 is 0 Å². The number of anilines is 2. The molecule has 1 N–H and O–H groups in total. The summed E-state index contributed by atoms with van der Waals surface area (Å²) in [5.74, 6) is 0. The van der Waals surface area contributed by atoms with Crippen molar-refractivity contribution in [1.29, 1.82) is 5.26 Å². The third-order valence-electron chi connectivity index (χ3n) is 2.30. The maximum absolute atomic E-state index is 8.78. The van der Waals surface area contributed by atoms with Crippen molar-refractivity contribution in [3.05, 3.63) is 57.0 Å². The van der Waals surface area contributed by atoms with Crippen LogP contribution in [0, 0.1) is 11.3 Å². The first-order valence-electron chi connectivity index (χ1n) is 5.02. The van der Waals surface area contributed by atoms with Gasteiger partial charge in [0, 0.05) is 11.4 Å². The number of benzene rings is 2. The van der Waals surface area contributed by atoms with Gasteiger partial charge in [-0.3, -0.25) is 0 Å². The minimum atomic E-state index is 0.405. The van der Waals surface area contributed by atoms with Gasteiger partial charge in [0.05, 0.1) is 20.6 Å². The average Bonchev–Trinajstić information content (AvgIpc) is 2.34. The first-order chi connectivity index (χ1) is 8.60. The van der Waals surface area contributed by atoms with Crippen molar-refractivity contribution in [3.8, 4) is 6.07 Å². The standard InChI is InChI=1S/C13H7Cl3N2/c14-11-4-3-10(6-13(11)16)18-9-2-1-8(7-17)12(15)5-9/h1-6,18H. The highest BCUT2D eigenvalue weighted by Gasteiger charge is 2.03. The molecule has 0 saturated heterocycles. The topological polar surface area (TPSA) is 35.8 Å². The summed E-state index contributed by atoms with van der Waals surface area (Å²) in [5, 5.41) is 13.3. The molecule has 0 radical (unpaired) electrons. The smallest absolute Gasteiger partial charge is 0.101 e. The summed E-state index contributed by atoms with van der Waals surface area (Å²) in [6.45, 7) is 0. The van der Waals surface area contributed by atoms with Crippen LogP contribution in [0.1, 0.15) is 5.56 Å². The predicted molar refractivity (Wildman–Crippen MR) is 75.9 cm³/mol. The first kappa shape index (κ1) is 13.0. The highest BCUT2D eigenvalue weighted by Crippen LogP contribution is 2.28. The van der Waals surface area contributed by atoms with Crippen molar-refractivity contribution in [2.24, 2.45) is 0 Å². The highest BCUT2D eigenvalue weighted by molar-refractivity contribution is 6.42. The van der Waals surface area contributed by atoms with Gasteiger partial charge < -0.3 is 5.32 Å². The molecule has 0 amide bonds. The maximum atomic E-state index is 8.78. The molecule has 5 heteroatoms. The lowest BCUT2D eigenvalue weighted by molar-refractivity contribution is 1.47. The Morgan fingerprint density at radius 3 is 2.00 bits per heavy atom. The zero-order chi connectivity index (χ0) is 13.1. The molecular formula is C13H7Cl3N2. The van der Waals surface area contributed by atoms with Crippen LogP contribution in [0.15, 0.2) is 36.4 Å². The Kier molecular flexibility index (Phi) is 3.98. The van der Waals surface area contributed by atoms with Crippen LogP contribution in [-0.4, -0.2) is 0 Å². The second-order valence-corrected chi connectivity index (χ2v) is 4.78. The van der Waals surface area contributed by atoms with E-state index in [0.717, 1.165) is 11.4 Å². The van der Waals surface area contributed by atoms with Crippen LogP contribution in [0.5, 0.6) is 0 Å². The van der Waals surface area contributed by atoms with E-state index in [4.69, 9.17) is 40.1 Å². The van der Waals surface area contributed by atoms with Gasteiger partial charge in [-0.25, -0.2) is 0 Å². The normalized spacial score (nSPS) is 9.89. The SMILES string of the molecule is N#Cc1ccc(Nc2ccc(Cl)c(Cl)c2)cc1Cl.